The lowest BCUT2D eigenvalue weighted by atomic mass is 9.86. The summed E-state index contributed by atoms with van der Waals surface area (Å²) >= 11 is 0. The molecule has 0 bridgehead atoms. The van der Waals surface area contributed by atoms with E-state index in [1.165, 1.54) is 16.7 Å². The average Bonchev–Trinajstić information content (AvgIpc) is 2.63. The Morgan fingerprint density at radius 3 is 2.00 bits per heavy atom. The van der Waals surface area contributed by atoms with Crippen LogP contribution in [0.25, 0.3) is 0 Å². The van der Waals surface area contributed by atoms with Gasteiger partial charge in [-0.1, -0.05) is 78.9 Å². The van der Waals surface area contributed by atoms with Crippen molar-refractivity contribution in [2.45, 2.75) is 18.8 Å². The molecule has 1 atom stereocenters. The van der Waals surface area contributed by atoms with Crippen molar-refractivity contribution < 1.29 is 4.74 Å². The van der Waals surface area contributed by atoms with E-state index in [0.717, 1.165) is 18.6 Å². The Balaban J connectivity index is 1.89. The molecule has 0 saturated heterocycles. The minimum atomic E-state index is 0.440. The minimum Gasteiger partial charge on any atom is -0.496 e. The van der Waals surface area contributed by atoms with Gasteiger partial charge < -0.3 is 4.74 Å². The van der Waals surface area contributed by atoms with E-state index in [1.54, 1.807) is 7.11 Å². The molecule has 23 heavy (non-hydrogen) atoms. The maximum Gasteiger partial charge on any atom is 0.122 e. The van der Waals surface area contributed by atoms with E-state index in [0.29, 0.717) is 5.92 Å². The Morgan fingerprint density at radius 1 is 0.696 bits per heavy atom. The molecule has 3 rings (SSSR count). The third-order valence-corrected chi connectivity index (χ3v) is 4.25. The van der Waals surface area contributed by atoms with Crippen molar-refractivity contribution in [2.75, 3.05) is 7.11 Å². The summed E-state index contributed by atoms with van der Waals surface area (Å²) in [5.41, 5.74) is 4.01. The second-order valence-corrected chi connectivity index (χ2v) is 5.81. The fraction of sp³-hybridized carbons (Fsp3) is 0.182. The molecule has 3 aromatic carbocycles. The fourth-order valence-corrected chi connectivity index (χ4v) is 3.07. The molecule has 0 aromatic heterocycles. The van der Waals surface area contributed by atoms with Crippen LogP contribution >= 0.6 is 0 Å². The van der Waals surface area contributed by atoms with Gasteiger partial charge in [0.2, 0.25) is 0 Å². The van der Waals surface area contributed by atoms with Gasteiger partial charge in [-0.2, -0.15) is 0 Å². The summed E-state index contributed by atoms with van der Waals surface area (Å²) in [6.07, 6.45) is 2.01. The molecule has 0 fully saturated rings. The lowest BCUT2D eigenvalue weighted by Crippen LogP contribution is -2.08. The summed E-state index contributed by atoms with van der Waals surface area (Å²) in [5, 5.41) is 0. The normalized spacial score (nSPS) is 11.9. The smallest absolute Gasteiger partial charge is 0.122 e. The zero-order valence-corrected chi connectivity index (χ0v) is 13.5. The molecule has 0 N–H and O–H groups in total. The van der Waals surface area contributed by atoms with Gasteiger partial charge in [0, 0.05) is 0 Å². The molecule has 0 spiro atoms. The number of rotatable bonds is 6. The number of benzene rings is 3. The van der Waals surface area contributed by atoms with E-state index in [1.807, 2.05) is 12.1 Å². The number of hydrogen-bond donors (Lipinski definition) is 0. The van der Waals surface area contributed by atoms with Crippen LogP contribution in [-0.4, -0.2) is 7.11 Å². The van der Waals surface area contributed by atoms with E-state index in [2.05, 4.69) is 72.8 Å². The van der Waals surface area contributed by atoms with Gasteiger partial charge in [-0.05, 0) is 41.5 Å². The van der Waals surface area contributed by atoms with Crippen molar-refractivity contribution in [3.8, 4) is 5.75 Å². The lowest BCUT2D eigenvalue weighted by Gasteiger charge is -2.19. The maximum atomic E-state index is 5.53. The monoisotopic (exact) mass is 302 g/mol. The first-order valence-electron chi connectivity index (χ1n) is 8.07. The van der Waals surface area contributed by atoms with Crippen LogP contribution in [0.3, 0.4) is 0 Å². The molecule has 3 aromatic rings. The molecule has 0 aliphatic rings. The summed E-state index contributed by atoms with van der Waals surface area (Å²) in [5.74, 6) is 1.41. The number of hydrogen-bond acceptors (Lipinski definition) is 1. The van der Waals surface area contributed by atoms with Crippen molar-refractivity contribution in [3.63, 3.8) is 0 Å². The van der Waals surface area contributed by atoms with Crippen LogP contribution in [0, 0.1) is 0 Å². The minimum absolute atomic E-state index is 0.440. The van der Waals surface area contributed by atoms with Gasteiger partial charge in [0.1, 0.15) is 5.75 Å². The van der Waals surface area contributed by atoms with Crippen molar-refractivity contribution in [2.24, 2.45) is 0 Å². The molecule has 0 aliphatic carbocycles. The second kappa shape index (κ2) is 7.64. The van der Waals surface area contributed by atoms with Gasteiger partial charge >= 0.3 is 0 Å². The Bertz CT molecular complexity index is 719. The summed E-state index contributed by atoms with van der Waals surface area (Å²) in [4.78, 5) is 0. The molecular weight excluding hydrogens is 280 g/mol. The fourth-order valence-electron chi connectivity index (χ4n) is 3.07. The zero-order chi connectivity index (χ0) is 15.9. The van der Waals surface area contributed by atoms with E-state index in [9.17, 15) is 0 Å². The van der Waals surface area contributed by atoms with E-state index >= 15 is 0 Å². The van der Waals surface area contributed by atoms with E-state index in [-0.39, 0.29) is 0 Å². The highest BCUT2D eigenvalue weighted by Crippen LogP contribution is 2.29. The van der Waals surface area contributed by atoms with Crippen LogP contribution < -0.4 is 4.74 Å². The van der Waals surface area contributed by atoms with Gasteiger partial charge in [0.15, 0.2) is 0 Å². The molecule has 116 valence electrons. The third kappa shape index (κ3) is 4.01. The first-order chi connectivity index (χ1) is 11.4. The predicted molar refractivity (Wildman–Crippen MR) is 96.0 cm³/mol. The largest absolute Gasteiger partial charge is 0.496 e. The van der Waals surface area contributed by atoms with E-state index in [4.69, 9.17) is 4.74 Å². The van der Waals surface area contributed by atoms with Crippen LogP contribution in [0.5, 0.6) is 5.75 Å². The standard InChI is InChI=1S/C22H22O/c1-23-22-15-9-8-14-20(22)17-21(19-12-6-3-7-13-19)16-18-10-4-2-5-11-18/h2-15,21H,16-17H2,1H3. The van der Waals surface area contributed by atoms with Gasteiger partial charge in [-0.3, -0.25) is 0 Å². The number of ether oxygens (including phenoxy) is 1. The van der Waals surface area contributed by atoms with Crippen LogP contribution in [0.1, 0.15) is 22.6 Å². The van der Waals surface area contributed by atoms with Crippen molar-refractivity contribution in [1.29, 1.82) is 0 Å². The summed E-state index contributed by atoms with van der Waals surface area (Å²) in [6, 6.07) is 29.8. The molecule has 1 heteroatoms. The second-order valence-electron chi connectivity index (χ2n) is 5.81. The Morgan fingerprint density at radius 2 is 1.30 bits per heavy atom. The summed E-state index contributed by atoms with van der Waals surface area (Å²) in [6.45, 7) is 0. The van der Waals surface area contributed by atoms with Gasteiger partial charge in [-0.25, -0.2) is 0 Å². The van der Waals surface area contributed by atoms with Crippen LogP contribution in [0.2, 0.25) is 0 Å². The highest BCUT2D eigenvalue weighted by Gasteiger charge is 2.15. The zero-order valence-electron chi connectivity index (χ0n) is 13.5. The molecule has 0 saturated carbocycles. The molecule has 1 unspecified atom stereocenters. The molecule has 0 amide bonds. The van der Waals surface area contributed by atoms with Crippen LogP contribution in [-0.2, 0) is 12.8 Å². The molecule has 0 radical (unpaired) electrons. The Kier molecular flexibility index (Phi) is 5.10. The quantitative estimate of drug-likeness (QED) is 0.603. The summed E-state index contributed by atoms with van der Waals surface area (Å²) < 4.78 is 5.53. The van der Waals surface area contributed by atoms with Crippen LogP contribution in [0.15, 0.2) is 84.9 Å². The van der Waals surface area contributed by atoms with E-state index < -0.39 is 0 Å². The highest BCUT2D eigenvalue weighted by atomic mass is 16.5. The maximum absolute atomic E-state index is 5.53. The first-order valence-corrected chi connectivity index (χ1v) is 8.07. The van der Waals surface area contributed by atoms with Gasteiger partial charge in [0.05, 0.1) is 7.11 Å². The average molecular weight is 302 g/mol. The van der Waals surface area contributed by atoms with Crippen molar-refractivity contribution in [1.82, 2.24) is 0 Å². The van der Waals surface area contributed by atoms with Gasteiger partial charge in [0.25, 0.3) is 0 Å². The highest BCUT2D eigenvalue weighted by molar-refractivity contribution is 5.36. The van der Waals surface area contributed by atoms with Crippen molar-refractivity contribution >= 4 is 0 Å². The Labute approximate surface area is 138 Å². The number of methoxy groups -OCH3 is 1. The molecule has 0 aliphatic heterocycles. The van der Waals surface area contributed by atoms with Crippen molar-refractivity contribution in [3.05, 3.63) is 102 Å². The first kappa shape index (κ1) is 15.4. The SMILES string of the molecule is COc1ccccc1CC(Cc1ccccc1)c1ccccc1. The lowest BCUT2D eigenvalue weighted by molar-refractivity contribution is 0.408. The van der Waals surface area contributed by atoms with Crippen LogP contribution in [0.4, 0.5) is 0 Å². The summed E-state index contributed by atoms with van der Waals surface area (Å²) in [7, 11) is 1.74. The number of para-hydroxylation sites is 1. The topological polar surface area (TPSA) is 9.23 Å². The predicted octanol–water partition coefficient (Wildman–Crippen LogP) is 5.26. The van der Waals surface area contributed by atoms with Gasteiger partial charge in [-0.15, -0.1) is 0 Å². The third-order valence-electron chi connectivity index (χ3n) is 4.25. The molecular formula is C22H22O. The molecule has 0 heterocycles. The Hall–Kier alpha value is -2.54. The molecule has 1 nitrogen and oxygen atoms in total.